The molecule has 1 heterocycles. The van der Waals surface area contributed by atoms with Gasteiger partial charge in [0.2, 0.25) is 5.89 Å². The molecule has 2 aromatic carbocycles. The second kappa shape index (κ2) is 5.88. The first-order valence-electron chi connectivity index (χ1n) is 6.42. The molecule has 3 aromatic rings. The van der Waals surface area contributed by atoms with Crippen molar-refractivity contribution in [3.05, 3.63) is 56.5 Å². The van der Waals surface area contributed by atoms with Crippen molar-refractivity contribution in [2.24, 2.45) is 0 Å². The number of carbonyl (C=O) groups is 1. The van der Waals surface area contributed by atoms with Crippen LogP contribution in [0.4, 0.5) is 0 Å². The Morgan fingerprint density at radius 2 is 1.91 bits per heavy atom. The van der Waals surface area contributed by atoms with Crippen LogP contribution in [0.3, 0.4) is 0 Å². The third-order valence-corrected chi connectivity index (χ3v) is 3.67. The molecule has 0 atom stereocenters. The number of ether oxygens (including phenoxy) is 1. The minimum atomic E-state index is -0.521. The van der Waals surface area contributed by atoms with E-state index in [1.165, 1.54) is 13.0 Å². The van der Waals surface area contributed by atoms with Gasteiger partial charge in [0, 0.05) is 16.1 Å². The molecule has 3 rings (SSSR count). The summed E-state index contributed by atoms with van der Waals surface area (Å²) in [5.41, 5.74) is 0.691. The van der Waals surface area contributed by atoms with Crippen molar-refractivity contribution in [2.75, 3.05) is 0 Å². The average molecular weight is 407 g/mol. The monoisotopic (exact) mass is 407 g/mol. The average Bonchev–Trinajstić information content (AvgIpc) is 2.48. The van der Waals surface area contributed by atoms with Crippen LogP contribution < -0.4 is 10.4 Å². The number of hydrogen-bond donors (Lipinski definition) is 0. The number of benzene rings is 2. The zero-order chi connectivity index (χ0) is 15.7. The fraction of sp³-hybridized carbons (Fsp3) is 0.0625. The highest BCUT2D eigenvalue weighted by atomic mass is 127. The van der Waals surface area contributed by atoms with Crippen molar-refractivity contribution in [1.82, 2.24) is 4.98 Å². The van der Waals surface area contributed by atoms with Crippen LogP contribution in [-0.4, -0.2) is 11.0 Å². The second-order valence-corrected chi connectivity index (χ2v) is 5.83. The molecule has 0 N–H and O–H groups in total. The minimum Gasteiger partial charge on any atom is -0.427 e. The molecule has 0 aliphatic rings. The lowest BCUT2D eigenvalue weighted by Gasteiger charge is -2.04. The van der Waals surface area contributed by atoms with Crippen LogP contribution in [0.15, 0.2) is 51.7 Å². The highest BCUT2D eigenvalue weighted by Crippen LogP contribution is 2.22. The van der Waals surface area contributed by atoms with Crippen molar-refractivity contribution in [3.63, 3.8) is 0 Å². The second-order valence-electron chi connectivity index (χ2n) is 4.59. The Balaban J connectivity index is 2.11. The molecule has 0 radical (unpaired) electrons. The van der Waals surface area contributed by atoms with Crippen molar-refractivity contribution >= 4 is 39.5 Å². The summed E-state index contributed by atoms with van der Waals surface area (Å²) in [5, 5.41) is 0.271. The molecular formula is C16H10INO4. The van der Waals surface area contributed by atoms with E-state index >= 15 is 0 Å². The molecule has 0 aliphatic heterocycles. The maximum absolute atomic E-state index is 12.1. The maximum atomic E-state index is 12.1. The summed E-state index contributed by atoms with van der Waals surface area (Å²) in [6.07, 6.45) is 0. The molecule has 0 aliphatic carbocycles. The molecule has 5 nitrogen and oxygen atoms in total. The topological polar surface area (TPSA) is 69.4 Å². The number of carbonyl (C=O) groups excluding carboxylic acids is 1. The van der Waals surface area contributed by atoms with E-state index in [9.17, 15) is 9.59 Å². The number of aromatic nitrogens is 1. The summed E-state index contributed by atoms with van der Waals surface area (Å²) in [4.78, 5) is 27.4. The van der Waals surface area contributed by atoms with E-state index in [1.807, 2.05) is 24.3 Å². The molecule has 0 unspecified atom stereocenters. The summed E-state index contributed by atoms with van der Waals surface area (Å²) < 4.78 is 11.3. The van der Waals surface area contributed by atoms with Gasteiger partial charge in [-0.1, -0.05) is 0 Å². The largest absolute Gasteiger partial charge is 0.427 e. The number of fused-ring (bicyclic) bond motifs is 1. The molecule has 0 amide bonds. The van der Waals surface area contributed by atoms with Crippen LogP contribution in [0.5, 0.6) is 5.75 Å². The number of esters is 1. The van der Waals surface area contributed by atoms with Gasteiger partial charge in [-0.15, -0.1) is 0 Å². The molecule has 0 fully saturated rings. The van der Waals surface area contributed by atoms with Gasteiger partial charge in [0.05, 0.1) is 10.9 Å². The first kappa shape index (κ1) is 14.7. The molecule has 110 valence electrons. The quantitative estimate of drug-likeness (QED) is 0.370. The Bertz CT molecular complexity index is 916. The number of halogens is 1. The molecule has 6 heteroatoms. The van der Waals surface area contributed by atoms with E-state index in [4.69, 9.17) is 9.15 Å². The Hall–Kier alpha value is -2.22. The molecule has 0 saturated carbocycles. The van der Waals surface area contributed by atoms with Gasteiger partial charge in [0.1, 0.15) is 5.75 Å². The third kappa shape index (κ3) is 3.01. The van der Waals surface area contributed by atoms with Crippen molar-refractivity contribution in [2.45, 2.75) is 6.92 Å². The zero-order valence-electron chi connectivity index (χ0n) is 11.5. The molecule has 0 saturated heterocycles. The van der Waals surface area contributed by atoms with Gasteiger partial charge in [-0.3, -0.25) is 4.79 Å². The van der Waals surface area contributed by atoms with Crippen molar-refractivity contribution in [3.8, 4) is 17.2 Å². The minimum absolute atomic E-state index is 0.258. The van der Waals surface area contributed by atoms with E-state index in [0.717, 1.165) is 9.13 Å². The van der Waals surface area contributed by atoms with Gasteiger partial charge < -0.3 is 9.15 Å². The predicted octanol–water partition coefficient (Wildman–Crippen LogP) is 3.38. The molecule has 0 spiro atoms. The molecule has 22 heavy (non-hydrogen) atoms. The van der Waals surface area contributed by atoms with E-state index in [-0.39, 0.29) is 17.0 Å². The van der Waals surface area contributed by atoms with Crippen molar-refractivity contribution < 1.29 is 13.9 Å². The summed E-state index contributed by atoms with van der Waals surface area (Å²) in [7, 11) is 0. The Morgan fingerprint density at radius 3 is 2.59 bits per heavy atom. The highest BCUT2D eigenvalue weighted by Gasteiger charge is 2.10. The summed E-state index contributed by atoms with van der Waals surface area (Å²) in [6, 6.07) is 12.2. The van der Waals surface area contributed by atoms with E-state index in [2.05, 4.69) is 27.6 Å². The zero-order valence-corrected chi connectivity index (χ0v) is 13.7. The smallest absolute Gasteiger partial charge is 0.347 e. The molecular weight excluding hydrogens is 397 g/mol. The van der Waals surface area contributed by atoms with Gasteiger partial charge in [-0.25, -0.2) is 9.78 Å². The van der Waals surface area contributed by atoms with Crippen LogP contribution in [0, 0.1) is 3.57 Å². The van der Waals surface area contributed by atoms with Gasteiger partial charge in [-0.05, 0) is 65.1 Å². The van der Waals surface area contributed by atoms with E-state index in [1.54, 1.807) is 12.1 Å². The lowest BCUT2D eigenvalue weighted by atomic mass is 10.2. The summed E-state index contributed by atoms with van der Waals surface area (Å²) >= 11 is 2.20. The van der Waals surface area contributed by atoms with Crippen LogP contribution in [0.25, 0.3) is 22.4 Å². The van der Waals surface area contributed by atoms with Gasteiger partial charge in [0.15, 0.2) is 0 Å². The van der Waals surface area contributed by atoms with Crippen LogP contribution in [-0.2, 0) is 4.79 Å². The molecule has 1 aromatic heterocycles. The van der Waals surface area contributed by atoms with Gasteiger partial charge in [0.25, 0.3) is 0 Å². The van der Waals surface area contributed by atoms with Crippen LogP contribution in [0.2, 0.25) is 0 Å². The van der Waals surface area contributed by atoms with Gasteiger partial charge >= 0.3 is 11.6 Å². The van der Waals surface area contributed by atoms with Crippen LogP contribution in [0.1, 0.15) is 6.92 Å². The van der Waals surface area contributed by atoms with Crippen LogP contribution >= 0.6 is 22.6 Å². The predicted molar refractivity (Wildman–Crippen MR) is 89.7 cm³/mol. The molecule has 0 bridgehead atoms. The van der Waals surface area contributed by atoms with Gasteiger partial charge in [-0.2, -0.15) is 0 Å². The number of hydrogen-bond acceptors (Lipinski definition) is 5. The Morgan fingerprint density at radius 1 is 1.18 bits per heavy atom. The van der Waals surface area contributed by atoms with E-state index in [0.29, 0.717) is 5.52 Å². The van der Waals surface area contributed by atoms with Crippen molar-refractivity contribution in [1.29, 1.82) is 0 Å². The highest BCUT2D eigenvalue weighted by molar-refractivity contribution is 14.1. The standard InChI is InChI=1S/C16H10INO4/c1-9(19)21-12-6-7-14-13(8-12)16(20)22-15(18-14)10-2-4-11(17)5-3-10/h2-8H,1H3. The first-order valence-corrected chi connectivity index (χ1v) is 7.50. The first-order chi connectivity index (χ1) is 10.5. The number of rotatable bonds is 2. The van der Waals surface area contributed by atoms with E-state index < -0.39 is 11.6 Å². The SMILES string of the molecule is CC(=O)Oc1ccc2nc(-c3ccc(I)cc3)oc(=O)c2c1. The number of nitrogens with zero attached hydrogens (tertiary/aromatic N) is 1. The maximum Gasteiger partial charge on any atom is 0.347 e. The summed E-state index contributed by atoms with van der Waals surface area (Å²) in [6.45, 7) is 1.30. The fourth-order valence-corrected chi connectivity index (χ4v) is 2.36. The third-order valence-electron chi connectivity index (χ3n) is 2.95. The fourth-order valence-electron chi connectivity index (χ4n) is 2.00. The Kier molecular flexibility index (Phi) is 3.93. The lowest BCUT2D eigenvalue weighted by Crippen LogP contribution is -2.05. The Labute approximate surface area is 139 Å². The summed E-state index contributed by atoms with van der Waals surface area (Å²) in [5.74, 6) is 0.0949. The lowest BCUT2D eigenvalue weighted by molar-refractivity contribution is -0.131. The normalized spacial score (nSPS) is 10.6.